The molecule has 25 heavy (non-hydrogen) atoms. The van der Waals surface area contributed by atoms with Gasteiger partial charge in [0, 0.05) is 10.9 Å². The van der Waals surface area contributed by atoms with Gasteiger partial charge in [0.1, 0.15) is 0 Å². The van der Waals surface area contributed by atoms with Crippen LogP contribution in [0.5, 0.6) is 0 Å². The zero-order valence-electron chi connectivity index (χ0n) is 13.2. The van der Waals surface area contributed by atoms with E-state index in [1.807, 2.05) is 5.38 Å². The highest BCUT2D eigenvalue weighted by Gasteiger charge is 2.35. The summed E-state index contributed by atoms with van der Waals surface area (Å²) in [6.07, 6.45) is 2.85. The molecular weight excluding hydrogens is 383 g/mol. The molecule has 0 aliphatic heterocycles. The summed E-state index contributed by atoms with van der Waals surface area (Å²) in [5, 5.41) is 15.2. The molecule has 3 rings (SSSR count). The average Bonchev–Trinajstić information content (AvgIpc) is 3.05. The molecule has 8 heteroatoms. The van der Waals surface area contributed by atoms with Gasteiger partial charge >= 0.3 is 5.97 Å². The first-order chi connectivity index (χ1) is 12.0. The highest BCUT2D eigenvalue weighted by Crippen LogP contribution is 2.33. The first kappa shape index (κ1) is 18.2. The van der Waals surface area contributed by atoms with Crippen molar-refractivity contribution in [3.8, 4) is 11.3 Å². The summed E-state index contributed by atoms with van der Waals surface area (Å²) < 4.78 is 0. The Morgan fingerprint density at radius 1 is 1.16 bits per heavy atom. The molecule has 2 N–H and O–H groups in total. The number of thiazole rings is 1. The molecule has 2 atom stereocenters. The Balaban J connectivity index is 1.73. The van der Waals surface area contributed by atoms with Crippen LogP contribution in [-0.4, -0.2) is 22.0 Å². The van der Waals surface area contributed by atoms with Crippen molar-refractivity contribution in [3.05, 3.63) is 33.6 Å². The molecule has 1 aromatic carbocycles. The van der Waals surface area contributed by atoms with Crippen LogP contribution in [0.4, 0.5) is 5.13 Å². The number of halogens is 2. The number of rotatable bonds is 4. The molecule has 1 aromatic heterocycles. The van der Waals surface area contributed by atoms with E-state index in [4.69, 9.17) is 23.2 Å². The van der Waals surface area contributed by atoms with E-state index >= 15 is 0 Å². The fourth-order valence-electron chi connectivity index (χ4n) is 3.06. The number of hydrogen-bond donors (Lipinski definition) is 2. The van der Waals surface area contributed by atoms with Crippen LogP contribution in [0.15, 0.2) is 23.6 Å². The molecule has 0 spiro atoms. The lowest BCUT2D eigenvalue weighted by Crippen LogP contribution is -2.36. The van der Waals surface area contributed by atoms with Crippen LogP contribution in [0, 0.1) is 11.8 Å². The third-order valence-electron chi connectivity index (χ3n) is 4.37. The van der Waals surface area contributed by atoms with Gasteiger partial charge in [0.2, 0.25) is 5.91 Å². The monoisotopic (exact) mass is 398 g/mol. The number of hydrogen-bond acceptors (Lipinski definition) is 4. The lowest BCUT2D eigenvalue weighted by molar-refractivity contribution is -0.147. The molecule has 1 aliphatic rings. The summed E-state index contributed by atoms with van der Waals surface area (Å²) in [4.78, 5) is 28.2. The van der Waals surface area contributed by atoms with Crippen molar-refractivity contribution in [1.82, 2.24) is 4.98 Å². The number of amides is 1. The second-order valence-electron chi connectivity index (χ2n) is 5.99. The molecular formula is C17H16Cl2N2O3S. The lowest BCUT2D eigenvalue weighted by atomic mass is 9.79. The van der Waals surface area contributed by atoms with Gasteiger partial charge in [-0.3, -0.25) is 9.59 Å². The molecule has 1 fully saturated rings. The number of carbonyl (C=O) groups excluding carboxylic acids is 1. The molecule has 0 radical (unpaired) electrons. The Bertz CT molecular complexity index is 809. The van der Waals surface area contributed by atoms with Crippen LogP contribution in [0.1, 0.15) is 25.7 Å². The van der Waals surface area contributed by atoms with Crippen molar-refractivity contribution in [3.63, 3.8) is 0 Å². The number of carbonyl (C=O) groups is 2. The van der Waals surface area contributed by atoms with Gasteiger partial charge in [0.25, 0.3) is 0 Å². The van der Waals surface area contributed by atoms with E-state index in [2.05, 4.69) is 10.3 Å². The molecule has 1 aliphatic carbocycles. The SMILES string of the molecule is O=C(Nc1nc(-c2ccc(Cl)c(Cl)c2)cs1)[C@H]1CCCC[C@H]1C(=O)O. The van der Waals surface area contributed by atoms with Gasteiger partial charge in [0.05, 0.1) is 27.6 Å². The van der Waals surface area contributed by atoms with Gasteiger partial charge in [-0.25, -0.2) is 4.98 Å². The second kappa shape index (κ2) is 7.72. The summed E-state index contributed by atoms with van der Waals surface area (Å²) in [5.74, 6) is -2.32. The Morgan fingerprint density at radius 2 is 1.88 bits per heavy atom. The topological polar surface area (TPSA) is 79.3 Å². The van der Waals surface area contributed by atoms with E-state index in [1.54, 1.807) is 18.2 Å². The van der Waals surface area contributed by atoms with Crippen molar-refractivity contribution >= 4 is 51.5 Å². The minimum absolute atomic E-state index is 0.276. The smallest absolute Gasteiger partial charge is 0.307 e. The second-order valence-corrected chi connectivity index (χ2v) is 7.66. The number of aromatic nitrogens is 1. The minimum Gasteiger partial charge on any atom is -0.481 e. The molecule has 132 valence electrons. The van der Waals surface area contributed by atoms with Gasteiger partial charge in [0.15, 0.2) is 5.13 Å². The van der Waals surface area contributed by atoms with Crippen LogP contribution in [-0.2, 0) is 9.59 Å². The van der Waals surface area contributed by atoms with Crippen molar-refractivity contribution in [2.75, 3.05) is 5.32 Å². The quantitative estimate of drug-likeness (QED) is 0.763. The molecule has 5 nitrogen and oxygen atoms in total. The number of nitrogens with one attached hydrogen (secondary N) is 1. The van der Waals surface area contributed by atoms with Crippen molar-refractivity contribution < 1.29 is 14.7 Å². The number of nitrogens with zero attached hydrogens (tertiary/aromatic N) is 1. The van der Waals surface area contributed by atoms with E-state index < -0.39 is 17.8 Å². The van der Waals surface area contributed by atoms with E-state index in [0.29, 0.717) is 33.7 Å². The molecule has 1 heterocycles. The standard InChI is InChI=1S/C17H16Cl2N2O3S/c18-12-6-5-9(7-13(12)19)14-8-25-17(20-14)21-15(22)10-3-1-2-4-11(10)16(23)24/h5-8,10-11H,1-4H2,(H,23,24)(H,20,21,22)/t10-,11+/m0/s1. The third kappa shape index (κ3) is 4.14. The Kier molecular flexibility index (Phi) is 5.61. The largest absolute Gasteiger partial charge is 0.481 e. The molecule has 0 bridgehead atoms. The van der Waals surface area contributed by atoms with Gasteiger partial charge in [-0.2, -0.15) is 0 Å². The van der Waals surface area contributed by atoms with E-state index in [1.165, 1.54) is 11.3 Å². The first-order valence-electron chi connectivity index (χ1n) is 7.90. The van der Waals surface area contributed by atoms with Gasteiger partial charge < -0.3 is 10.4 Å². The molecule has 0 saturated heterocycles. The maximum absolute atomic E-state index is 12.5. The molecule has 0 unspecified atom stereocenters. The Hall–Kier alpha value is -1.63. The van der Waals surface area contributed by atoms with Gasteiger partial charge in [-0.15, -0.1) is 11.3 Å². The molecule has 1 saturated carbocycles. The van der Waals surface area contributed by atoms with Crippen molar-refractivity contribution in [2.45, 2.75) is 25.7 Å². The third-order valence-corrected chi connectivity index (χ3v) is 5.87. The fraction of sp³-hybridized carbons (Fsp3) is 0.353. The van der Waals surface area contributed by atoms with Crippen LogP contribution >= 0.6 is 34.5 Å². The van der Waals surface area contributed by atoms with Crippen molar-refractivity contribution in [1.29, 1.82) is 0 Å². The maximum atomic E-state index is 12.5. The maximum Gasteiger partial charge on any atom is 0.307 e. The minimum atomic E-state index is -0.907. The number of benzene rings is 1. The van der Waals surface area contributed by atoms with Crippen LogP contribution in [0.3, 0.4) is 0 Å². The Labute approximate surface area is 159 Å². The summed E-state index contributed by atoms with van der Waals surface area (Å²) in [6.45, 7) is 0. The predicted octanol–water partition coefficient (Wildman–Crippen LogP) is 4.95. The van der Waals surface area contributed by atoms with E-state index in [9.17, 15) is 14.7 Å². The summed E-state index contributed by atoms with van der Waals surface area (Å²) in [5.41, 5.74) is 1.48. The molecule has 2 aromatic rings. The average molecular weight is 399 g/mol. The lowest BCUT2D eigenvalue weighted by Gasteiger charge is -2.26. The predicted molar refractivity (Wildman–Crippen MR) is 99.3 cm³/mol. The van der Waals surface area contributed by atoms with Gasteiger partial charge in [-0.1, -0.05) is 42.1 Å². The number of anilines is 1. The van der Waals surface area contributed by atoms with E-state index in [-0.39, 0.29) is 5.91 Å². The van der Waals surface area contributed by atoms with E-state index in [0.717, 1.165) is 18.4 Å². The fourth-order valence-corrected chi connectivity index (χ4v) is 4.08. The number of carboxylic acids is 1. The van der Waals surface area contributed by atoms with Gasteiger partial charge in [-0.05, 0) is 25.0 Å². The highest BCUT2D eigenvalue weighted by molar-refractivity contribution is 7.14. The van der Waals surface area contributed by atoms with Crippen LogP contribution < -0.4 is 5.32 Å². The summed E-state index contributed by atoms with van der Waals surface area (Å²) in [6, 6.07) is 5.21. The normalized spacial score (nSPS) is 20.2. The number of aliphatic carboxylic acids is 1. The number of carboxylic acid groups (broad SMARTS) is 1. The van der Waals surface area contributed by atoms with Crippen molar-refractivity contribution in [2.24, 2.45) is 11.8 Å². The highest BCUT2D eigenvalue weighted by atomic mass is 35.5. The zero-order chi connectivity index (χ0) is 18.0. The Morgan fingerprint density at radius 3 is 2.56 bits per heavy atom. The summed E-state index contributed by atoms with van der Waals surface area (Å²) in [7, 11) is 0. The first-order valence-corrected chi connectivity index (χ1v) is 9.54. The van der Waals surface area contributed by atoms with Crippen LogP contribution in [0.25, 0.3) is 11.3 Å². The summed E-state index contributed by atoms with van der Waals surface area (Å²) >= 11 is 13.2. The molecule has 1 amide bonds. The zero-order valence-corrected chi connectivity index (χ0v) is 15.5. The van der Waals surface area contributed by atoms with Crippen LogP contribution in [0.2, 0.25) is 10.0 Å².